The summed E-state index contributed by atoms with van der Waals surface area (Å²) >= 11 is 4.29. The highest BCUT2D eigenvalue weighted by atomic mass is 32.1. The highest BCUT2D eigenvalue weighted by Gasteiger charge is 2.20. The Morgan fingerprint density at radius 3 is 2.19 bits per heavy atom. The molecular formula is C29H39N5O2S. The molecule has 0 unspecified atom stereocenters. The van der Waals surface area contributed by atoms with Crippen molar-refractivity contribution in [2.24, 2.45) is 10.7 Å². The van der Waals surface area contributed by atoms with Crippen LogP contribution in [-0.2, 0) is 9.53 Å². The maximum Gasteiger partial charge on any atom is 0.204 e. The predicted molar refractivity (Wildman–Crippen MR) is 157 cm³/mol. The second-order valence-electron chi connectivity index (χ2n) is 9.23. The van der Waals surface area contributed by atoms with Gasteiger partial charge < -0.3 is 20.7 Å². The van der Waals surface area contributed by atoms with E-state index in [0.29, 0.717) is 19.3 Å². The Morgan fingerprint density at radius 2 is 1.65 bits per heavy atom. The number of nitrogens with two attached hydrogens (primary N) is 1. The molecule has 0 aromatic heterocycles. The van der Waals surface area contributed by atoms with Gasteiger partial charge in [-0.1, -0.05) is 49.2 Å². The third-order valence-corrected chi connectivity index (χ3v) is 6.73. The fourth-order valence-electron chi connectivity index (χ4n) is 4.01. The molecule has 3 fully saturated rings. The molecule has 5 rings (SSSR count). The lowest BCUT2D eigenvalue weighted by Crippen LogP contribution is -2.40. The number of hydrogen-bond donors (Lipinski definition) is 4. The first kappa shape index (κ1) is 28.5. The van der Waals surface area contributed by atoms with E-state index in [2.05, 4.69) is 45.7 Å². The van der Waals surface area contributed by atoms with Crippen LogP contribution in [0.4, 0.5) is 5.69 Å². The number of primary amides is 1. The first-order valence-electron chi connectivity index (χ1n) is 13.0. The highest BCUT2D eigenvalue weighted by Crippen LogP contribution is 2.25. The number of amides is 1. The van der Waals surface area contributed by atoms with Crippen molar-refractivity contribution in [3.05, 3.63) is 71.8 Å². The summed E-state index contributed by atoms with van der Waals surface area (Å²) in [6.45, 7) is 2.95. The molecule has 0 bridgehead atoms. The first-order valence-corrected chi connectivity index (χ1v) is 13.5. The second kappa shape index (κ2) is 15.9. The third-order valence-electron chi connectivity index (χ3n) is 6.22. The standard InChI is InChI=1S/C23H26N4O.C5H10S.CH3NO/c24-23(19-7-9-20(10-8-19)25-21-11-12-21)26-22(27-14-16-28-17-15-27)13-6-18-4-2-1-3-5-18;6-5-3-1-2-4-5;2-1-3/h1-10,13,21,24-25H,11-12,14-17H2;5-6H,1-4H2;1H,(H2,2,3)/b13-6+,24-23?,26-22?;;. The molecule has 2 aromatic carbocycles. The van der Waals surface area contributed by atoms with Crippen LogP contribution in [0.2, 0.25) is 0 Å². The van der Waals surface area contributed by atoms with Crippen molar-refractivity contribution in [3.8, 4) is 0 Å². The zero-order chi connectivity index (χ0) is 26.3. The predicted octanol–water partition coefficient (Wildman–Crippen LogP) is 4.99. The van der Waals surface area contributed by atoms with Gasteiger partial charge in [-0.05, 0) is 61.6 Å². The molecule has 198 valence electrons. The molecule has 3 aliphatic rings. The fourth-order valence-corrected chi connectivity index (χ4v) is 4.38. The second-order valence-corrected chi connectivity index (χ2v) is 9.96. The van der Waals surface area contributed by atoms with Crippen LogP contribution in [0.25, 0.3) is 6.08 Å². The largest absolute Gasteiger partial charge is 0.382 e. The normalized spacial score (nSPS) is 17.9. The van der Waals surface area contributed by atoms with Crippen molar-refractivity contribution >= 4 is 42.5 Å². The first-order chi connectivity index (χ1) is 18.1. The van der Waals surface area contributed by atoms with Gasteiger partial charge in [-0.15, -0.1) is 0 Å². The molecule has 4 N–H and O–H groups in total. The molecule has 0 spiro atoms. The minimum atomic E-state index is 0.250. The van der Waals surface area contributed by atoms with Gasteiger partial charge in [0.05, 0.1) is 13.2 Å². The third kappa shape index (κ3) is 10.8. The van der Waals surface area contributed by atoms with E-state index in [1.807, 2.05) is 54.6 Å². The van der Waals surface area contributed by atoms with Crippen LogP contribution in [0.1, 0.15) is 49.7 Å². The van der Waals surface area contributed by atoms with E-state index < -0.39 is 0 Å². The molecule has 2 aromatic rings. The summed E-state index contributed by atoms with van der Waals surface area (Å²) in [5, 5.41) is 12.7. The van der Waals surface area contributed by atoms with E-state index >= 15 is 0 Å². The van der Waals surface area contributed by atoms with E-state index in [9.17, 15) is 0 Å². The number of carbonyl (C=O) groups excluding carboxylic acids is 1. The monoisotopic (exact) mass is 521 g/mol. The number of anilines is 1. The van der Waals surface area contributed by atoms with E-state index in [1.54, 1.807) is 0 Å². The number of rotatable bonds is 5. The van der Waals surface area contributed by atoms with Gasteiger partial charge >= 0.3 is 0 Å². The van der Waals surface area contributed by atoms with Gasteiger partial charge in [0.25, 0.3) is 0 Å². The SMILES string of the molecule is N=C(N=C(/C=C/c1ccccc1)N1CCOCC1)c1ccc(NC2CC2)cc1.NC=O.SC1CCCC1. The van der Waals surface area contributed by atoms with Gasteiger partial charge in [-0.2, -0.15) is 12.6 Å². The van der Waals surface area contributed by atoms with Gasteiger partial charge in [0.2, 0.25) is 6.41 Å². The van der Waals surface area contributed by atoms with E-state index in [-0.39, 0.29) is 12.2 Å². The molecule has 7 nitrogen and oxygen atoms in total. The summed E-state index contributed by atoms with van der Waals surface area (Å²) < 4.78 is 5.47. The van der Waals surface area contributed by atoms with Gasteiger partial charge in [0.15, 0.2) is 5.84 Å². The Kier molecular flexibility index (Phi) is 12.2. The smallest absolute Gasteiger partial charge is 0.204 e. The summed E-state index contributed by atoms with van der Waals surface area (Å²) in [4.78, 5) is 15.4. The van der Waals surface area contributed by atoms with Crippen molar-refractivity contribution in [2.45, 2.75) is 49.8 Å². The topological polar surface area (TPSA) is 104 Å². The zero-order valence-corrected chi connectivity index (χ0v) is 22.3. The Labute approximate surface area is 226 Å². The quantitative estimate of drug-likeness (QED) is 0.193. The molecule has 1 amide bonds. The van der Waals surface area contributed by atoms with E-state index in [4.69, 9.17) is 14.9 Å². The highest BCUT2D eigenvalue weighted by molar-refractivity contribution is 7.80. The molecule has 1 saturated heterocycles. The number of thiol groups is 1. The minimum absolute atomic E-state index is 0.250. The lowest BCUT2D eigenvalue weighted by molar-refractivity contribution is -0.106. The molecule has 1 heterocycles. The molecule has 2 aliphatic carbocycles. The number of morpholine rings is 1. The molecule has 37 heavy (non-hydrogen) atoms. The summed E-state index contributed by atoms with van der Waals surface area (Å²) in [5.41, 5.74) is 7.21. The van der Waals surface area contributed by atoms with Gasteiger partial charge in [0, 0.05) is 35.6 Å². The van der Waals surface area contributed by atoms with Crippen LogP contribution in [-0.4, -0.2) is 60.6 Å². The summed E-state index contributed by atoms with van der Waals surface area (Å²) in [7, 11) is 0. The van der Waals surface area contributed by atoms with Crippen molar-refractivity contribution in [3.63, 3.8) is 0 Å². The molecular weight excluding hydrogens is 482 g/mol. The number of benzene rings is 2. The maximum absolute atomic E-state index is 8.58. The van der Waals surface area contributed by atoms with Gasteiger partial charge in [0.1, 0.15) is 5.84 Å². The Hall–Kier alpha value is -3.10. The lowest BCUT2D eigenvalue weighted by atomic mass is 10.2. The van der Waals surface area contributed by atoms with Crippen LogP contribution in [0, 0.1) is 5.41 Å². The van der Waals surface area contributed by atoms with Crippen molar-refractivity contribution in [1.82, 2.24) is 4.90 Å². The zero-order valence-electron chi connectivity index (χ0n) is 21.4. The number of carbonyl (C=O) groups is 1. The number of aliphatic imine (C=N–C) groups is 1. The number of amidine groups is 2. The van der Waals surface area contributed by atoms with Crippen LogP contribution in [0.5, 0.6) is 0 Å². The van der Waals surface area contributed by atoms with Crippen LogP contribution in [0.15, 0.2) is 65.7 Å². The molecule has 0 atom stereocenters. The molecule has 8 heteroatoms. The lowest BCUT2D eigenvalue weighted by Gasteiger charge is -2.28. The summed E-state index contributed by atoms with van der Waals surface area (Å²) in [6.07, 6.45) is 12.3. The number of ether oxygens (including phenoxy) is 1. The van der Waals surface area contributed by atoms with Gasteiger partial charge in [-0.25, -0.2) is 4.99 Å². The number of nitrogens with zero attached hydrogens (tertiary/aromatic N) is 2. The van der Waals surface area contributed by atoms with Crippen molar-refractivity contribution < 1.29 is 9.53 Å². The Bertz CT molecular complexity index is 1010. The Balaban J connectivity index is 0.000000360. The fraction of sp³-hybridized carbons (Fsp3) is 0.414. The van der Waals surface area contributed by atoms with Crippen molar-refractivity contribution in [1.29, 1.82) is 5.41 Å². The van der Waals surface area contributed by atoms with E-state index in [1.165, 1.54) is 38.5 Å². The average Bonchev–Trinajstić information content (AvgIpc) is 3.62. The molecule has 2 saturated carbocycles. The number of hydrogen-bond acceptors (Lipinski definition) is 5. The van der Waals surface area contributed by atoms with E-state index in [0.717, 1.165) is 41.0 Å². The Morgan fingerprint density at radius 1 is 1.03 bits per heavy atom. The van der Waals surface area contributed by atoms with Crippen LogP contribution >= 0.6 is 12.6 Å². The summed E-state index contributed by atoms with van der Waals surface area (Å²) in [5.74, 6) is 1.08. The molecule has 1 aliphatic heterocycles. The van der Waals surface area contributed by atoms with Crippen LogP contribution in [0.3, 0.4) is 0 Å². The van der Waals surface area contributed by atoms with Crippen molar-refractivity contribution in [2.75, 3.05) is 31.6 Å². The average molecular weight is 522 g/mol. The molecule has 0 radical (unpaired) electrons. The van der Waals surface area contributed by atoms with Crippen LogP contribution < -0.4 is 11.1 Å². The maximum atomic E-state index is 8.58. The minimum Gasteiger partial charge on any atom is -0.382 e. The summed E-state index contributed by atoms with van der Waals surface area (Å²) in [6, 6.07) is 18.8. The van der Waals surface area contributed by atoms with Gasteiger partial charge in [-0.3, -0.25) is 10.2 Å². The number of nitrogens with one attached hydrogen (secondary N) is 2.